The maximum Gasteiger partial charge on any atom is 0.271 e. The zero-order valence-corrected chi connectivity index (χ0v) is 18.7. The van der Waals surface area contributed by atoms with Crippen LogP contribution < -0.4 is 10.9 Å². The predicted octanol–water partition coefficient (Wildman–Crippen LogP) is 4.85. The number of H-pyrrole nitrogens is 1. The quantitative estimate of drug-likeness (QED) is 0.256. The van der Waals surface area contributed by atoms with Crippen LogP contribution >= 0.6 is 35.3 Å². The van der Waals surface area contributed by atoms with Gasteiger partial charge >= 0.3 is 0 Å². The third-order valence-corrected chi connectivity index (χ3v) is 6.76. The van der Waals surface area contributed by atoms with Crippen LogP contribution in [0.5, 0.6) is 0 Å². The molecule has 30 heavy (non-hydrogen) atoms. The summed E-state index contributed by atoms with van der Waals surface area (Å²) in [6.45, 7) is 3.90. The van der Waals surface area contributed by atoms with Crippen LogP contribution in [-0.4, -0.2) is 26.2 Å². The second-order valence-electron chi connectivity index (χ2n) is 6.67. The standard InChI is InChI=1S/C21H18N4O2S3/c1-12-7-6-8-13(2)16(12)22-15(26)11-29-20-23-18-17(19(27)24-20)30-21(28)25(18)14-9-4-3-5-10-14/h3-10H,11H2,1-2H3,(H,22,26)(H,23,24,27). The third kappa shape index (κ3) is 4.09. The molecule has 0 aliphatic rings. The van der Waals surface area contributed by atoms with Crippen molar-refractivity contribution in [3.63, 3.8) is 0 Å². The number of amides is 1. The highest BCUT2D eigenvalue weighted by molar-refractivity contribution is 7.99. The summed E-state index contributed by atoms with van der Waals surface area (Å²) in [5.74, 6) is -0.0383. The first kappa shape index (κ1) is 20.5. The summed E-state index contributed by atoms with van der Waals surface area (Å²) in [6.07, 6.45) is 0. The van der Waals surface area contributed by atoms with E-state index in [1.807, 2.05) is 62.4 Å². The average Bonchev–Trinajstić information content (AvgIpc) is 3.06. The number of thioether (sulfide) groups is 1. The summed E-state index contributed by atoms with van der Waals surface area (Å²) < 4.78 is 2.79. The number of para-hydroxylation sites is 2. The van der Waals surface area contributed by atoms with Gasteiger partial charge in [0.15, 0.2) is 14.8 Å². The van der Waals surface area contributed by atoms with Crippen molar-refractivity contribution in [1.29, 1.82) is 0 Å². The van der Waals surface area contributed by atoms with Gasteiger partial charge in [0.1, 0.15) is 4.70 Å². The molecule has 0 aliphatic carbocycles. The fraction of sp³-hybridized carbons (Fsp3) is 0.143. The van der Waals surface area contributed by atoms with E-state index in [2.05, 4.69) is 15.3 Å². The molecule has 0 atom stereocenters. The number of hydrogen-bond acceptors (Lipinski definition) is 6. The molecule has 2 aromatic heterocycles. The molecule has 0 spiro atoms. The fourth-order valence-electron chi connectivity index (χ4n) is 3.09. The first-order valence-electron chi connectivity index (χ1n) is 9.14. The number of anilines is 1. The van der Waals surface area contributed by atoms with E-state index in [0.717, 1.165) is 22.5 Å². The second kappa shape index (κ2) is 8.55. The highest BCUT2D eigenvalue weighted by atomic mass is 32.2. The minimum atomic E-state index is -0.261. The van der Waals surface area contributed by atoms with Gasteiger partial charge in [0, 0.05) is 11.4 Å². The van der Waals surface area contributed by atoms with Crippen LogP contribution in [0.25, 0.3) is 16.0 Å². The number of rotatable bonds is 5. The number of nitrogens with one attached hydrogen (secondary N) is 2. The van der Waals surface area contributed by atoms with Gasteiger partial charge in [-0.1, -0.05) is 59.5 Å². The van der Waals surface area contributed by atoms with Crippen molar-refractivity contribution in [3.8, 4) is 5.69 Å². The zero-order valence-electron chi connectivity index (χ0n) is 16.3. The SMILES string of the molecule is Cc1cccc(C)c1NC(=O)CSc1nc2c(sc(=S)n2-c2ccccc2)c(=O)[nH]1. The van der Waals surface area contributed by atoms with E-state index in [1.165, 1.54) is 23.1 Å². The maximum atomic E-state index is 12.6. The van der Waals surface area contributed by atoms with Gasteiger partial charge in [0.2, 0.25) is 5.91 Å². The zero-order chi connectivity index (χ0) is 21.3. The Morgan fingerprint density at radius 2 is 1.87 bits per heavy atom. The Morgan fingerprint density at radius 1 is 1.17 bits per heavy atom. The normalized spacial score (nSPS) is 11.0. The summed E-state index contributed by atoms with van der Waals surface area (Å²) in [5.41, 5.74) is 3.90. The first-order chi connectivity index (χ1) is 14.4. The number of hydrogen-bond donors (Lipinski definition) is 2. The van der Waals surface area contributed by atoms with Crippen molar-refractivity contribution < 1.29 is 4.79 Å². The summed E-state index contributed by atoms with van der Waals surface area (Å²) in [5, 5.41) is 3.32. The fourth-order valence-corrected chi connectivity index (χ4v) is 5.01. The summed E-state index contributed by atoms with van der Waals surface area (Å²) >= 11 is 7.86. The Kier molecular flexibility index (Phi) is 5.85. The first-order valence-corrected chi connectivity index (χ1v) is 11.4. The second-order valence-corrected chi connectivity index (χ2v) is 9.27. The molecule has 0 radical (unpaired) electrons. The van der Waals surface area contributed by atoms with E-state index < -0.39 is 0 Å². The van der Waals surface area contributed by atoms with Crippen LogP contribution in [0.1, 0.15) is 11.1 Å². The highest BCUT2D eigenvalue weighted by Gasteiger charge is 2.15. The van der Waals surface area contributed by atoms with Gasteiger partial charge in [0.25, 0.3) is 5.56 Å². The lowest BCUT2D eigenvalue weighted by Crippen LogP contribution is -2.17. The predicted molar refractivity (Wildman–Crippen MR) is 126 cm³/mol. The van der Waals surface area contributed by atoms with E-state index >= 15 is 0 Å². The number of aromatic amines is 1. The van der Waals surface area contributed by atoms with E-state index in [0.29, 0.717) is 19.5 Å². The molecule has 2 heterocycles. The minimum Gasteiger partial charge on any atom is -0.325 e. The molecule has 1 amide bonds. The molecule has 0 bridgehead atoms. The van der Waals surface area contributed by atoms with Crippen LogP contribution in [0.3, 0.4) is 0 Å². The number of benzene rings is 2. The molecule has 0 unspecified atom stereocenters. The Morgan fingerprint density at radius 3 is 2.57 bits per heavy atom. The molecular weight excluding hydrogens is 436 g/mol. The Bertz CT molecular complexity index is 1340. The Labute approximate surface area is 186 Å². The van der Waals surface area contributed by atoms with Crippen LogP contribution in [0.2, 0.25) is 0 Å². The van der Waals surface area contributed by atoms with Crippen molar-refractivity contribution in [2.24, 2.45) is 0 Å². The number of carbonyl (C=O) groups is 1. The molecule has 0 saturated heterocycles. The molecular formula is C21H18N4O2S3. The topological polar surface area (TPSA) is 79.8 Å². The van der Waals surface area contributed by atoms with Crippen molar-refractivity contribution in [2.75, 3.05) is 11.1 Å². The molecule has 6 nitrogen and oxygen atoms in total. The largest absolute Gasteiger partial charge is 0.325 e. The Balaban J connectivity index is 1.60. The molecule has 0 aliphatic heterocycles. The average molecular weight is 455 g/mol. The van der Waals surface area contributed by atoms with E-state index in [-0.39, 0.29) is 17.2 Å². The smallest absolute Gasteiger partial charge is 0.271 e. The van der Waals surface area contributed by atoms with Crippen molar-refractivity contribution in [1.82, 2.24) is 14.5 Å². The van der Waals surface area contributed by atoms with Crippen LogP contribution in [0, 0.1) is 17.8 Å². The number of aryl methyl sites for hydroxylation is 2. The lowest BCUT2D eigenvalue weighted by molar-refractivity contribution is -0.113. The summed E-state index contributed by atoms with van der Waals surface area (Å²) in [7, 11) is 0. The summed E-state index contributed by atoms with van der Waals surface area (Å²) in [4.78, 5) is 32.4. The van der Waals surface area contributed by atoms with Crippen molar-refractivity contribution in [2.45, 2.75) is 19.0 Å². The third-order valence-electron chi connectivity index (χ3n) is 4.52. The van der Waals surface area contributed by atoms with Crippen LogP contribution in [0.15, 0.2) is 58.5 Å². The Hall–Kier alpha value is -2.75. The lowest BCUT2D eigenvalue weighted by atomic mass is 10.1. The van der Waals surface area contributed by atoms with Gasteiger partial charge in [-0.3, -0.25) is 14.2 Å². The number of thiazole rings is 1. The van der Waals surface area contributed by atoms with Gasteiger partial charge < -0.3 is 10.3 Å². The minimum absolute atomic E-state index is 0.123. The van der Waals surface area contributed by atoms with Gasteiger partial charge in [-0.15, -0.1) is 0 Å². The number of nitrogens with zero attached hydrogens (tertiary/aromatic N) is 2. The van der Waals surface area contributed by atoms with Gasteiger partial charge in [-0.05, 0) is 49.3 Å². The van der Waals surface area contributed by atoms with Gasteiger partial charge in [-0.2, -0.15) is 0 Å². The molecule has 2 N–H and O–H groups in total. The summed E-state index contributed by atoms with van der Waals surface area (Å²) in [6, 6.07) is 15.4. The monoisotopic (exact) mass is 454 g/mol. The highest BCUT2D eigenvalue weighted by Crippen LogP contribution is 2.25. The maximum absolute atomic E-state index is 12.6. The lowest BCUT2D eigenvalue weighted by Gasteiger charge is -2.11. The molecule has 0 fully saturated rings. The number of fused-ring (bicyclic) bond motifs is 1. The molecule has 0 saturated carbocycles. The van der Waals surface area contributed by atoms with E-state index in [9.17, 15) is 9.59 Å². The van der Waals surface area contributed by atoms with Crippen molar-refractivity contribution in [3.05, 3.63) is 74.0 Å². The molecule has 4 rings (SSSR count). The number of aromatic nitrogens is 3. The van der Waals surface area contributed by atoms with E-state index in [4.69, 9.17) is 12.2 Å². The van der Waals surface area contributed by atoms with Crippen molar-refractivity contribution >= 4 is 57.3 Å². The van der Waals surface area contributed by atoms with Crippen LogP contribution in [-0.2, 0) is 4.79 Å². The van der Waals surface area contributed by atoms with Crippen LogP contribution in [0.4, 0.5) is 5.69 Å². The molecule has 2 aromatic carbocycles. The molecule has 9 heteroatoms. The molecule has 4 aromatic rings. The van der Waals surface area contributed by atoms with Gasteiger partial charge in [0.05, 0.1) is 5.75 Å². The van der Waals surface area contributed by atoms with E-state index in [1.54, 1.807) is 4.57 Å². The number of carbonyl (C=O) groups excluding carboxylic acids is 1. The molecule has 152 valence electrons. The van der Waals surface area contributed by atoms with Gasteiger partial charge in [-0.25, -0.2) is 4.98 Å².